The summed E-state index contributed by atoms with van der Waals surface area (Å²) in [6.07, 6.45) is 4.76. The van der Waals surface area contributed by atoms with Crippen LogP contribution < -0.4 is 0 Å². The van der Waals surface area contributed by atoms with Crippen LogP contribution in [0.1, 0.15) is 25.7 Å². The van der Waals surface area contributed by atoms with Crippen molar-refractivity contribution in [1.29, 1.82) is 0 Å². The molecule has 1 saturated carbocycles. The fourth-order valence-corrected chi connectivity index (χ4v) is 2.65. The lowest BCUT2D eigenvalue weighted by molar-refractivity contribution is 0.00885. The van der Waals surface area contributed by atoms with E-state index in [1.54, 1.807) is 0 Å². The zero-order valence-electron chi connectivity index (χ0n) is 6.33. The number of rotatable bonds is 0. The van der Waals surface area contributed by atoms with Gasteiger partial charge in [-0.3, -0.25) is 0 Å². The van der Waals surface area contributed by atoms with Gasteiger partial charge in [0.1, 0.15) is 0 Å². The molecule has 0 amide bonds. The largest absolute Gasteiger partial charge is 0.375 e. The summed E-state index contributed by atoms with van der Waals surface area (Å²) >= 11 is 0. The van der Waals surface area contributed by atoms with Gasteiger partial charge in [0.2, 0.25) is 0 Å². The van der Waals surface area contributed by atoms with E-state index in [-0.39, 0.29) is 6.10 Å². The molecule has 0 aromatic rings. The van der Waals surface area contributed by atoms with E-state index in [1.165, 1.54) is 12.8 Å². The molecule has 0 radical (unpaired) electrons. The summed E-state index contributed by atoms with van der Waals surface area (Å²) in [6, 6.07) is 0. The van der Waals surface area contributed by atoms with Crippen LogP contribution in [-0.2, 0) is 9.05 Å². The highest BCUT2D eigenvalue weighted by Gasteiger charge is 2.34. The van der Waals surface area contributed by atoms with Gasteiger partial charge in [-0.1, -0.05) is 12.8 Å². The van der Waals surface area contributed by atoms with Crippen LogP contribution in [0.3, 0.4) is 0 Å². The molecule has 1 saturated heterocycles. The Bertz CT molecular complexity index is 144. The normalized spacial score (nSPS) is 45.0. The highest BCUT2D eigenvalue weighted by molar-refractivity contribution is 7.41. The first-order valence-electron chi connectivity index (χ1n) is 4.12. The van der Waals surface area contributed by atoms with Crippen LogP contribution in [0.2, 0.25) is 0 Å². The predicted molar refractivity (Wildman–Crippen MR) is 40.8 cm³/mol. The Morgan fingerprint density at radius 1 is 1.27 bits per heavy atom. The van der Waals surface area contributed by atoms with Crippen molar-refractivity contribution in [2.75, 3.05) is 6.61 Å². The molecule has 3 atom stereocenters. The van der Waals surface area contributed by atoms with E-state index in [4.69, 9.17) is 9.05 Å². The maximum absolute atomic E-state index is 12.6. The molecule has 0 N–H and O–H groups in total. The van der Waals surface area contributed by atoms with Gasteiger partial charge in [-0.05, 0) is 12.8 Å². The lowest BCUT2D eigenvalue weighted by Gasteiger charge is -2.35. The molecular formula is C7H12FO2P. The third-order valence-corrected chi connectivity index (χ3v) is 3.24. The highest BCUT2D eigenvalue weighted by atomic mass is 31.2. The molecule has 2 rings (SSSR count). The molecular weight excluding hydrogens is 166 g/mol. The first kappa shape index (κ1) is 7.90. The standard InChI is InChI=1S/C7H12FO2P/c8-11-9-5-6-3-1-2-4-7(6)10-11/h6-7H,1-5H2. The van der Waals surface area contributed by atoms with Crippen molar-refractivity contribution in [2.45, 2.75) is 31.8 Å². The minimum absolute atomic E-state index is 0.161. The minimum atomic E-state index is -2.04. The van der Waals surface area contributed by atoms with Gasteiger partial charge < -0.3 is 9.05 Å². The van der Waals surface area contributed by atoms with Crippen molar-refractivity contribution in [2.24, 2.45) is 5.92 Å². The molecule has 0 aromatic carbocycles. The molecule has 2 aliphatic rings. The zero-order chi connectivity index (χ0) is 7.68. The maximum atomic E-state index is 12.6. The van der Waals surface area contributed by atoms with Crippen molar-refractivity contribution in [3.05, 3.63) is 0 Å². The molecule has 0 aromatic heterocycles. The molecule has 0 spiro atoms. The van der Waals surface area contributed by atoms with Crippen LogP contribution in [0, 0.1) is 5.92 Å². The van der Waals surface area contributed by atoms with Crippen LogP contribution in [0.15, 0.2) is 0 Å². The Morgan fingerprint density at radius 3 is 3.00 bits per heavy atom. The van der Waals surface area contributed by atoms with E-state index in [9.17, 15) is 4.20 Å². The fourth-order valence-electron chi connectivity index (χ4n) is 1.79. The Kier molecular flexibility index (Phi) is 2.40. The summed E-state index contributed by atoms with van der Waals surface area (Å²) in [5.41, 5.74) is 0. The monoisotopic (exact) mass is 178 g/mol. The van der Waals surface area contributed by atoms with Crippen LogP contribution in [0.5, 0.6) is 0 Å². The molecule has 1 heterocycles. The van der Waals surface area contributed by atoms with Crippen molar-refractivity contribution in [1.82, 2.24) is 0 Å². The van der Waals surface area contributed by atoms with Gasteiger partial charge in [0, 0.05) is 5.92 Å². The summed E-state index contributed by atoms with van der Waals surface area (Å²) < 4.78 is 22.5. The van der Waals surface area contributed by atoms with Crippen molar-refractivity contribution in [3.63, 3.8) is 0 Å². The smallest absolute Gasteiger partial charge is 0.309 e. The molecule has 2 fully saturated rings. The molecule has 11 heavy (non-hydrogen) atoms. The molecule has 4 heteroatoms. The quantitative estimate of drug-likeness (QED) is 0.531. The van der Waals surface area contributed by atoms with Gasteiger partial charge in [0.25, 0.3) is 0 Å². The third-order valence-electron chi connectivity index (χ3n) is 2.45. The Hall–Kier alpha value is 0.280. The maximum Gasteiger partial charge on any atom is 0.375 e. The van der Waals surface area contributed by atoms with Crippen molar-refractivity contribution < 1.29 is 13.2 Å². The van der Waals surface area contributed by atoms with Gasteiger partial charge in [0.15, 0.2) is 0 Å². The van der Waals surface area contributed by atoms with Crippen LogP contribution in [0.4, 0.5) is 4.20 Å². The Morgan fingerprint density at radius 2 is 2.09 bits per heavy atom. The first-order valence-corrected chi connectivity index (χ1v) is 5.18. The lowest BCUT2D eigenvalue weighted by atomic mass is 9.87. The van der Waals surface area contributed by atoms with E-state index in [1.807, 2.05) is 0 Å². The SMILES string of the molecule is FP1OCC2CCCCC2O1. The van der Waals surface area contributed by atoms with E-state index in [0.717, 1.165) is 12.8 Å². The van der Waals surface area contributed by atoms with Gasteiger partial charge in [-0.25, -0.2) is 0 Å². The summed E-state index contributed by atoms with van der Waals surface area (Å²) in [6.45, 7) is 0.576. The predicted octanol–water partition coefficient (Wildman–Crippen LogP) is 2.79. The molecule has 3 unspecified atom stereocenters. The molecule has 1 aliphatic carbocycles. The highest BCUT2D eigenvalue weighted by Crippen LogP contribution is 2.49. The summed E-state index contributed by atoms with van der Waals surface area (Å²) in [4.78, 5) is 0. The molecule has 2 nitrogen and oxygen atoms in total. The number of halogens is 1. The first-order chi connectivity index (χ1) is 5.36. The number of hydrogen-bond donors (Lipinski definition) is 0. The lowest BCUT2D eigenvalue weighted by Crippen LogP contribution is -2.32. The van der Waals surface area contributed by atoms with E-state index >= 15 is 0 Å². The third kappa shape index (κ3) is 1.71. The second kappa shape index (κ2) is 3.34. The van der Waals surface area contributed by atoms with Gasteiger partial charge >= 0.3 is 8.69 Å². The van der Waals surface area contributed by atoms with E-state index in [2.05, 4.69) is 0 Å². The minimum Gasteiger partial charge on any atom is -0.309 e. The number of fused-ring (bicyclic) bond motifs is 1. The average Bonchev–Trinajstić information content (AvgIpc) is 2.04. The summed E-state index contributed by atoms with van der Waals surface area (Å²) in [7, 11) is -2.04. The van der Waals surface area contributed by atoms with Crippen LogP contribution in [0.25, 0.3) is 0 Å². The van der Waals surface area contributed by atoms with Crippen LogP contribution >= 0.6 is 8.69 Å². The molecule has 1 aliphatic heterocycles. The Labute approximate surface area is 67.1 Å². The topological polar surface area (TPSA) is 18.5 Å². The second-order valence-corrected chi connectivity index (χ2v) is 4.09. The van der Waals surface area contributed by atoms with E-state index < -0.39 is 8.69 Å². The Balaban J connectivity index is 1.93. The molecule has 64 valence electrons. The summed E-state index contributed by atoms with van der Waals surface area (Å²) in [5.74, 6) is 0.471. The molecule has 0 bridgehead atoms. The van der Waals surface area contributed by atoms with Gasteiger partial charge in [-0.2, -0.15) is 4.20 Å². The van der Waals surface area contributed by atoms with Crippen molar-refractivity contribution in [3.8, 4) is 0 Å². The van der Waals surface area contributed by atoms with E-state index in [0.29, 0.717) is 12.5 Å². The summed E-state index contributed by atoms with van der Waals surface area (Å²) in [5, 5.41) is 0. The second-order valence-electron chi connectivity index (χ2n) is 3.20. The average molecular weight is 178 g/mol. The zero-order valence-corrected chi connectivity index (χ0v) is 7.23. The fraction of sp³-hybridized carbons (Fsp3) is 1.00. The van der Waals surface area contributed by atoms with Crippen LogP contribution in [-0.4, -0.2) is 12.7 Å². The van der Waals surface area contributed by atoms with Gasteiger partial charge in [-0.15, -0.1) is 0 Å². The number of hydrogen-bond acceptors (Lipinski definition) is 2. The van der Waals surface area contributed by atoms with Crippen molar-refractivity contribution >= 4 is 8.69 Å². The van der Waals surface area contributed by atoms with Gasteiger partial charge in [0.05, 0.1) is 12.7 Å².